The van der Waals surface area contributed by atoms with Crippen LogP contribution in [0.25, 0.3) is 55.6 Å². The number of anilines is 3. The van der Waals surface area contributed by atoms with Gasteiger partial charge in [-0.2, -0.15) is 0 Å². The molecule has 2 nitrogen and oxygen atoms in total. The van der Waals surface area contributed by atoms with E-state index in [4.69, 9.17) is 4.74 Å². The van der Waals surface area contributed by atoms with Crippen molar-refractivity contribution in [2.75, 3.05) is 4.90 Å². The number of ether oxygens (including phenoxy) is 1. The zero-order valence-corrected chi connectivity index (χ0v) is 29.8. The highest BCUT2D eigenvalue weighted by Crippen LogP contribution is 2.55. The molecule has 0 N–H and O–H groups in total. The van der Waals surface area contributed by atoms with Gasteiger partial charge >= 0.3 is 0 Å². The Morgan fingerprint density at radius 1 is 0.377 bits per heavy atom. The molecule has 0 atom stereocenters. The molecule has 0 radical (unpaired) electrons. The summed E-state index contributed by atoms with van der Waals surface area (Å²) in [5, 5.41) is 0. The number of benzene rings is 8. The Morgan fingerprint density at radius 3 is 1.75 bits per heavy atom. The summed E-state index contributed by atoms with van der Waals surface area (Å²) in [4.78, 5) is 2.43. The number of rotatable bonds is 5. The number of hydrogen-bond donors (Lipinski definition) is 0. The molecular formula is C51H37NO. The first-order chi connectivity index (χ1) is 26.0. The number of nitrogens with zero attached hydrogens (tertiary/aromatic N) is 1. The Balaban J connectivity index is 1.23. The average Bonchev–Trinajstić information content (AvgIpc) is 3.34. The Kier molecular flexibility index (Phi) is 7.19. The molecule has 0 saturated carbocycles. The summed E-state index contributed by atoms with van der Waals surface area (Å²) in [5.74, 6) is 1.68. The molecule has 0 spiro atoms. The van der Waals surface area contributed by atoms with E-state index in [1.165, 1.54) is 44.5 Å². The van der Waals surface area contributed by atoms with Crippen LogP contribution in [0.2, 0.25) is 0 Å². The van der Waals surface area contributed by atoms with Crippen LogP contribution in [-0.2, 0) is 5.41 Å². The minimum atomic E-state index is -0.141. The maximum absolute atomic E-state index is 6.91. The first kappa shape index (κ1) is 31.1. The second-order valence-electron chi connectivity index (χ2n) is 14.5. The fourth-order valence-electron chi connectivity index (χ4n) is 8.47. The van der Waals surface area contributed by atoms with Gasteiger partial charge in [0.25, 0.3) is 0 Å². The third kappa shape index (κ3) is 5.10. The van der Waals surface area contributed by atoms with E-state index in [0.717, 1.165) is 50.8 Å². The van der Waals surface area contributed by atoms with Crippen LogP contribution in [0.4, 0.5) is 17.1 Å². The van der Waals surface area contributed by atoms with Gasteiger partial charge in [-0.15, -0.1) is 0 Å². The van der Waals surface area contributed by atoms with Crippen molar-refractivity contribution in [1.82, 2.24) is 0 Å². The van der Waals surface area contributed by atoms with Gasteiger partial charge in [-0.25, -0.2) is 0 Å². The second-order valence-corrected chi connectivity index (χ2v) is 14.5. The Bertz CT molecular complexity index is 2670. The molecule has 8 aromatic rings. The smallest absolute Gasteiger partial charge is 0.137 e. The van der Waals surface area contributed by atoms with Gasteiger partial charge in [-0.3, -0.25) is 0 Å². The molecule has 0 amide bonds. The van der Waals surface area contributed by atoms with Crippen LogP contribution < -0.4 is 9.64 Å². The monoisotopic (exact) mass is 679 g/mol. The minimum absolute atomic E-state index is 0.141. The lowest BCUT2D eigenvalue weighted by molar-refractivity contribution is 0.488. The van der Waals surface area contributed by atoms with Crippen LogP contribution in [0.5, 0.6) is 11.5 Å². The fourth-order valence-corrected chi connectivity index (χ4v) is 8.47. The molecule has 0 saturated heterocycles. The second kappa shape index (κ2) is 12.3. The summed E-state index contributed by atoms with van der Waals surface area (Å²) >= 11 is 0. The summed E-state index contributed by atoms with van der Waals surface area (Å²) in [5.41, 5.74) is 17.6. The van der Waals surface area contributed by atoms with Gasteiger partial charge in [0.15, 0.2) is 0 Å². The highest BCUT2D eigenvalue weighted by atomic mass is 16.5. The molecule has 2 aliphatic rings. The van der Waals surface area contributed by atoms with E-state index < -0.39 is 0 Å². The molecule has 10 rings (SSSR count). The Hall–Kier alpha value is -6.64. The molecule has 0 fully saturated rings. The molecule has 0 aromatic heterocycles. The van der Waals surface area contributed by atoms with Crippen LogP contribution in [-0.4, -0.2) is 0 Å². The quantitative estimate of drug-likeness (QED) is 0.180. The van der Waals surface area contributed by atoms with E-state index in [-0.39, 0.29) is 5.41 Å². The van der Waals surface area contributed by atoms with Crippen LogP contribution in [0.1, 0.15) is 25.0 Å². The molecule has 252 valence electrons. The lowest BCUT2D eigenvalue weighted by atomic mass is 9.82. The van der Waals surface area contributed by atoms with E-state index in [9.17, 15) is 0 Å². The molecular weight excluding hydrogens is 643 g/mol. The Morgan fingerprint density at radius 2 is 0.962 bits per heavy atom. The summed E-state index contributed by atoms with van der Waals surface area (Å²) in [7, 11) is 0. The first-order valence-electron chi connectivity index (χ1n) is 18.3. The summed E-state index contributed by atoms with van der Waals surface area (Å²) in [6.45, 7) is 4.70. The van der Waals surface area contributed by atoms with Gasteiger partial charge in [0.1, 0.15) is 11.5 Å². The van der Waals surface area contributed by atoms with Crippen molar-refractivity contribution in [3.8, 4) is 67.1 Å². The van der Waals surface area contributed by atoms with Gasteiger partial charge in [0.05, 0.1) is 5.69 Å². The number of para-hydroxylation sites is 1. The fraction of sp³-hybridized carbons (Fsp3) is 0.0588. The van der Waals surface area contributed by atoms with E-state index in [0.29, 0.717) is 0 Å². The molecule has 0 unspecified atom stereocenters. The zero-order valence-electron chi connectivity index (χ0n) is 29.8. The Labute approximate surface area is 311 Å². The van der Waals surface area contributed by atoms with Gasteiger partial charge in [0.2, 0.25) is 0 Å². The lowest BCUT2D eigenvalue weighted by Gasteiger charge is -2.30. The maximum atomic E-state index is 6.91. The van der Waals surface area contributed by atoms with Crippen molar-refractivity contribution >= 4 is 17.1 Å². The SMILES string of the molecule is CC1(C)c2ccccc2-c2ccc(N(c3cccc(-c4ccccc4)c3)c3cccc4c3-c3ccc(-c5ccccc5)cc3-c3ccccc3O4)cc21. The van der Waals surface area contributed by atoms with Crippen molar-refractivity contribution in [3.63, 3.8) is 0 Å². The largest absolute Gasteiger partial charge is 0.456 e. The van der Waals surface area contributed by atoms with E-state index >= 15 is 0 Å². The van der Waals surface area contributed by atoms with Gasteiger partial charge in [-0.05, 0) is 104 Å². The average molecular weight is 680 g/mol. The number of hydrogen-bond acceptors (Lipinski definition) is 2. The van der Waals surface area contributed by atoms with Crippen molar-refractivity contribution in [1.29, 1.82) is 0 Å². The zero-order chi connectivity index (χ0) is 35.5. The first-order valence-corrected chi connectivity index (χ1v) is 18.3. The molecule has 1 heterocycles. The molecule has 53 heavy (non-hydrogen) atoms. The van der Waals surface area contributed by atoms with Crippen molar-refractivity contribution < 1.29 is 4.74 Å². The molecule has 1 aliphatic heterocycles. The lowest BCUT2D eigenvalue weighted by Crippen LogP contribution is -2.17. The topological polar surface area (TPSA) is 12.5 Å². The summed E-state index contributed by atoms with van der Waals surface area (Å²) in [6, 6.07) is 67.8. The highest BCUT2D eigenvalue weighted by Gasteiger charge is 2.36. The minimum Gasteiger partial charge on any atom is -0.456 e. The normalized spacial score (nSPS) is 13.0. The van der Waals surface area contributed by atoms with Gasteiger partial charge in [-0.1, -0.05) is 153 Å². The molecule has 0 bridgehead atoms. The highest BCUT2D eigenvalue weighted by molar-refractivity contribution is 6.00. The molecule has 1 aliphatic carbocycles. The molecule has 2 heteroatoms. The van der Waals surface area contributed by atoms with Gasteiger partial charge in [0, 0.05) is 27.9 Å². The van der Waals surface area contributed by atoms with Gasteiger partial charge < -0.3 is 9.64 Å². The van der Waals surface area contributed by atoms with E-state index in [1.54, 1.807) is 0 Å². The predicted molar refractivity (Wildman–Crippen MR) is 221 cm³/mol. The number of fused-ring (bicyclic) bond motifs is 8. The third-order valence-corrected chi connectivity index (χ3v) is 11.1. The van der Waals surface area contributed by atoms with Crippen LogP contribution in [0.15, 0.2) is 188 Å². The third-order valence-electron chi connectivity index (χ3n) is 11.1. The maximum Gasteiger partial charge on any atom is 0.137 e. The van der Waals surface area contributed by atoms with Crippen LogP contribution in [0, 0.1) is 0 Å². The predicted octanol–water partition coefficient (Wildman–Crippen LogP) is 14.2. The van der Waals surface area contributed by atoms with E-state index in [2.05, 4.69) is 207 Å². The standard InChI is InChI=1S/C51H37NO/c1-51(2)45-23-11-9-21-40(45)41-30-28-39(33-46(41)51)52(38-20-13-19-36(31-38)34-15-5-3-6-16-34)47-24-14-26-49-50(47)43-29-27-37(35-17-7-4-8-18-35)32-44(43)42-22-10-12-25-48(42)53-49/h3-33H,1-2H3. The molecule has 8 aromatic carbocycles. The van der Waals surface area contributed by atoms with Crippen molar-refractivity contribution in [2.24, 2.45) is 0 Å². The summed E-state index contributed by atoms with van der Waals surface area (Å²) < 4.78 is 6.91. The van der Waals surface area contributed by atoms with E-state index in [1.807, 2.05) is 0 Å². The van der Waals surface area contributed by atoms with Crippen LogP contribution in [0.3, 0.4) is 0 Å². The van der Waals surface area contributed by atoms with Crippen LogP contribution >= 0.6 is 0 Å². The van der Waals surface area contributed by atoms with Crippen molar-refractivity contribution in [3.05, 3.63) is 199 Å². The summed E-state index contributed by atoms with van der Waals surface area (Å²) in [6.07, 6.45) is 0. The van der Waals surface area contributed by atoms with Crippen molar-refractivity contribution in [2.45, 2.75) is 19.3 Å².